The van der Waals surface area contributed by atoms with Gasteiger partial charge in [0.25, 0.3) is 0 Å². The van der Waals surface area contributed by atoms with Crippen LogP contribution in [-0.2, 0) is 0 Å². The molecule has 2 heteroatoms. The van der Waals surface area contributed by atoms with Gasteiger partial charge in [0, 0.05) is 5.69 Å². The Morgan fingerprint density at radius 1 is 1.13 bits per heavy atom. The van der Waals surface area contributed by atoms with Crippen LogP contribution in [0.3, 0.4) is 0 Å². The quantitative estimate of drug-likeness (QED) is 0.606. The molecule has 0 bridgehead atoms. The second kappa shape index (κ2) is 5.06. The van der Waals surface area contributed by atoms with E-state index in [0.29, 0.717) is 5.41 Å². The van der Waals surface area contributed by atoms with E-state index in [9.17, 15) is 0 Å². The van der Waals surface area contributed by atoms with Gasteiger partial charge in [-0.3, -0.25) is 0 Å². The Morgan fingerprint density at radius 3 is 2.27 bits per heavy atom. The van der Waals surface area contributed by atoms with E-state index >= 15 is 0 Å². The first-order chi connectivity index (χ1) is 6.97. The molecule has 1 aromatic carbocycles. The third-order valence-corrected chi connectivity index (χ3v) is 2.22. The van der Waals surface area contributed by atoms with Gasteiger partial charge >= 0.3 is 0 Å². The number of benzene rings is 1. The number of anilines is 1. The molecule has 0 aliphatic rings. The molecule has 0 saturated heterocycles. The standard InChI is InChI=1S/C13H21NO/c1-13(2,3)9-4-10-15-12-7-5-11(14)6-8-12/h5-8H,4,9-10,14H2,1-3H3. The molecule has 0 unspecified atom stereocenters. The lowest BCUT2D eigenvalue weighted by molar-refractivity contribution is 0.269. The number of rotatable bonds is 4. The lowest BCUT2D eigenvalue weighted by Crippen LogP contribution is -2.07. The molecule has 0 spiro atoms. The van der Waals surface area contributed by atoms with E-state index in [0.717, 1.165) is 24.5 Å². The Labute approximate surface area is 92.4 Å². The molecule has 0 aromatic heterocycles. The summed E-state index contributed by atoms with van der Waals surface area (Å²) < 4.78 is 5.60. The van der Waals surface area contributed by atoms with Crippen LogP contribution in [0.15, 0.2) is 24.3 Å². The van der Waals surface area contributed by atoms with Crippen molar-refractivity contribution in [2.45, 2.75) is 33.6 Å². The topological polar surface area (TPSA) is 35.2 Å². The Bertz CT molecular complexity index is 284. The molecule has 2 nitrogen and oxygen atoms in total. The highest BCUT2D eigenvalue weighted by molar-refractivity contribution is 5.41. The van der Waals surface area contributed by atoms with Gasteiger partial charge in [0.2, 0.25) is 0 Å². The van der Waals surface area contributed by atoms with E-state index in [1.807, 2.05) is 24.3 Å². The van der Waals surface area contributed by atoms with E-state index in [4.69, 9.17) is 10.5 Å². The van der Waals surface area contributed by atoms with Crippen LogP contribution in [0.4, 0.5) is 5.69 Å². The normalized spacial score (nSPS) is 11.4. The summed E-state index contributed by atoms with van der Waals surface area (Å²) in [7, 11) is 0. The average Bonchev–Trinajstić information content (AvgIpc) is 2.14. The van der Waals surface area contributed by atoms with Gasteiger partial charge in [-0.1, -0.05) is 20.8 Å². The summed E-state index contributed by atoms with van der Waals surface area (Å²) in [5, 5.41) is 0. The Balaban J connectivity index is 2.23. The zero-order valence-corrected chi connectivity index (χ0v) is 9.92. The molecule has 0 aliphatic carbocycles. The molecule has 0 atom stereocenters. The van der Waals surface area contributed by atoms with Crippen molar-refractivity contribution in [1.29, 1.82) is 0 Å². The smallest absolute Gasteiger partial charge is 0.119 e. The minimum Gasteiger partial charge on any atom is -0.494 e. The Kier molecular flexibility index (Phi) is 4.01. The number of hydrogen-bond acceptors (Lipinski definition) is 2. The molecule has 0 radical (unpaired) electrons. The van der Waals surface area contributed by atoms with Crippen molar-refractivity contribution in [2.24, 2.45) is 5.41 Å². The van der Waals surface area contributed by atoms with Crippen molar-refractivity contribution in [3.05, 3.63) is 24.3 Å². The predicted octanol–water partition coefficient (Wildman–Crippen LogP) is 3.47. The maximum Gasteiger partial charge on any atom is 0.119 e. The van der Waals surface area contributed by atoms with Crippen LogP contribution in [0.25, 0.3) is 0 Å². The largest absolute Gasteiger partial charge is 0.494 e. The van der Waals surface area contributed by atoms with Gasteiger partial charge in [0.1, 0.15) is 5.75 Å². The van der Waals surface area contributed by atoms with Crippen LogP contribution in [0, 0.1) is 5.41 Å². The monoisotopic (exact) mass is 207 g/mol. The van der Waals surface area contributed by atoms with Gasteiger partial charge in [-0.25, -0.2) is 0 Å². The molecule has 15 heavy (non-hydrogen) atoms. The lowest BCUT2D eigenvalue weighted by atomic mass is 9.91. The highest BCUT2D eigenvalue weighted by Crippen LogP contribution is 2.21. The van der Waals surface area contributed by atoms with Crippen LogP contribution >= 0.6 is 0 Å². The van der Waals surface area contributed by atoms with Crippen LogP contribution in [0.1, 0.15) is 33.6 Å². The van der Waals surface area contributed by atoms with Crippen LogP contribution in [-0.4, -0.2) is 6.61 Å². The van der Waals surface area contributed by atoms with Crippen molar-refractivity contribution >= 4 is 5.69 Å². The summed E-state index contributed by atoms with van der Waals surface area (Å²) in [5.41, 5.74) is 6.75. The molecule has 84 valence electrons. The van der Waals surface area contributed by atoms with Crippen LogP contribution in [0.2, 0.25) is 0 Å². The van der Waals surface area contributed by atoms with Crippen LogP contribution < -0.4 is 10.5 Å². The van der Waals surface area contributed by atoms with Crippen molar-refractivity contribution in [3.63, 3.8) is 0 Å². The predicted molar refractivity (Wildman–Crippen MR) is 65.0 cm³/mol. The fraction of sp³-hybridized carbons (Fsp3) is 0.538. The molecule has 1 aromatic rings. The highest BCUT2D eigenvalue weighted by atomic mass is 16.5. The molecular weight excluding hydrogens is 186 g/mol. The Hall–Kier alpha value is -1.18. The van der Waals surface area contributed by atoms with Gasteiger partial charge in [-0.05, 0) is 42.5 Å². The summed E-state index contributed by atoms with van der Waals surface area (Å²) in [6.07, 6.45) is 2.27. The second-order valence-corrected chi connectivity index (χ2v) is 5.08. The zero-order chi connectivity index (χ0) is 11.3. The SMILES string of the molecule is CC(C)(C)CCCOc1ccc(N)cc1. The first kappa shape index (κ1) is 11.9. The molecule has 0 fully saturated rings. The minimum atomic E-state index is 0.393. The fourth-order valence-electron chi connectivity index (χ4n) is 1.36. The maximum atomic E-state index is 5.60. The van der Waals surface area contributed by atoms with Crippen LogP contribution in [0.5, 0.6) is 5.75 Å². The molecule has 2 N–H and O–H groups in total. The highest BCUT2D eigenvalue weighted by Gasteiger charge is 2.08. The Morgan fingerprint density at radius 2 is 1.73 bits per heavy atom. The van der Waals surface area contributed by atoms with Gasteiger partial charge in [-0.15, -0.1) is 0 Å². The van der Waals surface area contributed by atoms with Gasteiger partial charge in [0.15, 0.2) is 0 Å². The van der Waals surface area contributed by atoms with Crippen molar-refractivity contribution in [1.82, 2.24) is 0 Å². The summed E-state index contributed by atoms with van der Waals surface area (Å²) in [6, 6.07) is 7.54. The lowest BCUT2D eigenvalue weighted by Gasteiger charge is -2.17. The van der Waals surface area contributed by atoms with Gasteiger partial charge in [-0.2, -0.15) is 0 Å². The molecule has 1 rings (SSSR count). The molecular formula is C13H21NO. The number of nitrogen functional groups attached to an aromatic ring is 1. The van der Waals surface area contributed by atoms with E-state index in [1.54, 1.807) is 0 Å². The third kappa shape index (κ3) is 5.31. The first-order valence-corrected chi connectivity index (χ1v) is 5.46. The maximum absolute atomic E-state index is 5.60. The molecule has 0 amide bonds. The van der Waals surface area contributed by atoms with Crippen molar-refractivity contribution in [3.8, 4) is 5.75 Å². The molecule has 0 saturated carbocycles. The third-order valence-electron chi connectivity index (χ3n) is 2.22. The summed E-state index contributed by atoms with van der Waals surface area (Å²) in [5.74, 6) is 0.901. The summed E-state index contributed by atoms with van der Waals surface area (Å²) in [6.45, 7) is 7.52. The molecule has 0 heterocycles. The zero-order valence-electron chi connectivity index (χ0n) is 9.92. The van der Waals surface area contributed by atoms with Gasteiger partial charge in [0.05, 0.1) is 6.61 Å². The fourth-order valence-corrected chi connectivity index (χ4v) is 1.36. The summed E-state index contributed by atoms with van der Waals surface area (Å²) in [4.78, 5) is 0. The second-order valence-electron chi connectivity index (χ2n) is 5.08. The van der Waals surface area contributed by atoms with Crippen molar-refractivity contribution < 1.29 is 4.74 Å². The van der Waals surface area contributed by atoms with E-state index in [2.05, 4.69) is 20.8 Å². The van der Waals surface area contributed by atoms with E-state index < -0.39 is 0 Å². The first-order valence-electron chi connectivity index (χ1n) is 5.46. The van der Waals surface area contributed by atoms with Gasteiger partial charge < -0.3 is 10.5 Å². The van der Waals surface area contributed by atoms with E-state index in [1.165, 1.54) is 6.42 Å². The molecule has 0 aliphatic heterocycles. The number of ether oxygens (including phenoxy) is 1. The minimum absolute atomic E-state index is 0.393. The average molecular weight is 207 g/mol. The number of hydrogen-bond donors (Lipinski definition) is 1. The van der Waals surface area contributed by atoms with E-state index in [-0.39, 0.29) is 0 Å². The van der Waals surface area contributed by atoms with Crippen molar-refractivity contribution in [2.75, 3.05) is 12.3 Å². The number of nitrogens with two attached hydrogens (primary N) is 1. The summed E-state index contributed by atoms with van der Waals surface area (Å²) >= 11 is 0.